The highest BCUT2D eigenvalue weighted by Crippen LogP contribution is 2.34. The largest absolute Gasteiger partial charge is 0.493 e. The number of rotatable bonds is 4. The van der Waals surface area contributed by atoms with Crippen LogP contribution in [0.3, 0.4) is 0 Å². The van der Waals surface area contributed by atoms with E-state index in [0.717, 1.165) is 11.3 Å². The van der Waals surface area contributed by atoms with Gasteiger partial charge >= 0.3 is 0 Å². The summed E-state index contributed by atoms with van der Waals surface area (Å²) in [5.41, 5.74) is 1.99. The third-order valence-electron chi connectivity index (χ3n) is 3.41. The summed E-state index contributed by atoms with van der Waals surface area (Å²) >= 11 is 3.35. The molecule has 2 aromatic carbocycles. The van der Waals surface area contributed by atoms with Crippen molar-refractivity contribution >= 4 is 15.9 Å². The number of fused-ring (bicyclic) bond motifs is 1. The standard InChI is InChI=1S/C16H14BrFO2/c17-8-11-7-13(18)5-6-15(11)19-9-12-10-20-16-4-2-1-3-14(12)16/h1-7,12H,8-10H2. The van der Waals surface area contributed by atoms with Crippen LogP contribution in [0.1, 0.15) is 17.0 Å². The molecule has 1 unspecified atom stereocenters. The van der Waals surface area contributed by atoms with Gasteiger partial charge in [0.2, 0.25) is 0 Å². The molecule has 3 rings (SSSR count). The maximum Gasteiger partial charge on any atom is 0.123 e. The topological polar surface area (TPSA) is 18.5 Å². The minimum absolute atomic E-state index is 0.222. The first-order valence-electron chi connectivity index (χ1n) is 6.47. The number of alkyl halides is 1. The number of halogens is 2. The average molecular weight is 337 g/mol. The van der Waals surface area contributed by atoms with Crippen molar-refractivity contribution in [3.05, 3.63) is 59.4 Å². The van der Waals surface area contributed by atoms with Gasteiger partial charge in [0.1, 0.15) is 17.3 Å². The predicted molar refractivity (Wildman–Crippen MR) is 79.2 cm³/mol. The van der Waals surface area contributed by atoms with Crippen LogP contribution < -0.4 is 9.47 Å². The van der Waals surface area contributed by atoms with Crippen LogP contribution in [0, 0.1) is 5.82 Å². The molecule has 4 heteroatoms. The van der Waals surface area contributed by atoms with E-state index in [1.54, 1.807) is 6.07 Å². The van der Waals surface area contributed by atoms with E-state index >= 15 is 0 Å². The maximum absolute atomic E-state index is 13.2. The van der Waals surface area contributed by atoms with E-state index in [1.807, 2.05) is 18.2 Å². The van der Waals surface area contributed by atoms with Crippen LogP contribution >= 0.6 is 15.9 Å². The summed E-state index contributed by atoms with van der Waals surface area (Å²) in [7, 11) is 0. The van der Waals surface area contributed by atoms with Crippen LogP contribution in [0.5, 0.6) is 11.5 Å². The Morgan fingerprint density at radius 2 is 2.10 bits per heavy atom. The molecule has 0 spiro atoms. The zero-order valence-corrected chi connectivity index (χ0v) is 12.4. The Hall–Kier alpha value is -1.55. The van der Waals surface area contributed by atoms with Gasteiger partial charge in [0.05, 0.1) is 19.1 Å². The third kappa shape index (κ3) is 2.66. The van der Waals surface area contributed by atoms with E-state index in [-0.39, 0.29) is 11.7 Å². The Kier molecular flexibility index (Phi) is 3.92. The Balaban J connectivity index is 1.72. The predicted octanol–water partition coefficient (Wildman–Crippen LogP) is 4.28. The summed E-state index contributed by atoms with van der Waals surface area (Å²) in [4.78, 5) is 0. The smallest absolute Gasteiger partial charge is 0.123 e. The Morgan fingerprint density at radius 1 is 1.25 bits per heavy atom. The van der Waals surface area contributed by atoms with Gasteiger partial charge in [-0.1, -0.05) is 34.1 Å². The summed E-state index contributed by atoms with van der Waals surface area (Å²) in [5, 5.41) is 0.567. The molecule has 0 saturated heterocycles. The molecule has 0 aliphatic carbocycles. The third-order valence-corrected chi connectivity index (χ3v) is 4.01. The fraction of sp³-hybridized carbons (Fsp3) is 0.250. The molecule has 2 aromatic rings. The monoisotopic (exact) mass is 336 g/mol. The van der Waals surface area contributed by atoms with E-state index in [4.69, 9.17) is 9.47 Å². The molecule has 0 saturated carbocycles. The van der Waals surface area contributed by atoms with Gasteiger partial charge in [-0.15, -0.1) is 0 Å². The van der Waals surface area contributed by atoms with Gasteiger partial charge in [-0.05, 0) is 24.3 Å². The van der Waals surface area contributed by atoms with Gasteiger partial charge in [0.15, 0.2) is 0 Å². The molecular weight excluding hydrogens is 323 g/mol. The summed E-state index contributed by atoms with van der Waals surface area (Å²) < 4.78 is 24.6. The molecule has 20 heavy (non-hydrogen) atoms. The van der Waals surface area contributed by atoms with Crippen LogP contribution in [0.4, 0.5) is 4.39 Å². The second-order valence-corrected chi connectivity index (χ2v) is 5.30. The van der Waals surface area contributed by atoms with Crippen LogP contribution in [0.25, 0.3) is 0 Å². The summed E-state index contributed by atoms with van der Waals surface area (Å²) in [5.74, 6) is 1.62. The fourth-order valence-corrected chi connectivity index (χ4v) is 2.79. The Labute approximate surface area is 125 Å². The van der Waals surface area contributed by atoms with Gasteiger partial charge in [0, 0.05) is 16.5 Å². The normalized spacial score (nSPS) is 16.6. The SMILES string of the molecule is Fc1ccc(OCC2COc3ccccc32)c(CBr)c1. The first-order chi connectivity index (χ1) is 9.78. The lowest BCUT2D eigenvalue weighted by Crippen LogP contribution is -2.12. The molecule has 1 atom stereocenters. The van der Waals surface area contributed by atoms with Gasteiger partial charge in [-0.2, -0.15) is 0 Å². The van der Waals surface area contributed by atoms with Crippen molar-refractivity contribution in [1.29, 1.82) is 0 Å². The van der Waals surface area contributed by atoms with Crippen molar-refractivity contribution in [3.63, 3.8) is 0 Å². The molecule has 104 valence electrons. The van der Waals surface area contributed by atoms with Crippen LogP contribution in [-0.4, -0.2) is 13.2 Å². The van der Waals surface area contributed by atoms with E-state index in [0.29, 0.717) is 24.3 Å². The molecule has 0 bridgehead atoms. The lowest BCUT2D eigenvalue weighted by Gasteiger charge is -2.13. The number of benzene rings is 2. The fourth-order valence-electron chi connectivity index (χ4n) is 2.35. The molecule has 2 nitrogen and oxygen atoms in total. The lowest BCUT2D eigenvalue weighted by molar-refractivity contribution is 0.247. The Morgan fingerprint density at radius 3 is 2.95 bits per heavy atom. The zero-order valence-electron chi connectivity index (χ0n) is 10.8. The van der Waals surface area contributed by atoms with Crippen molar-refractivity contribution in [3.8, 4) is 11.5 Å². The van der Waals surface area contributed by atoms with Crippen LogP contribution in [0.15, 0.2) is 42.5 Å². The molecule has 0 fully saturated rings. The second kappa shape index (κ2) is 5.83. The highest BCUT2D eigenvalue weighted by Gasteiger charge is 2.24. The Bertz CT molecular complexity index is 615. The number of para-hydroxylation sites is 1. The molecule has 1 aliphatic rings. The molecule has 0 aromatic heterocycles. The summed E-state index contributed by atoms with van der Waals surface area (Å²) in [6, 6.07) is 12.6. The van der Waals surface area contributed by atoms with Gasteiger partial charge in [-0.25, -0.2) is 4.39 Å². The number of hydrogen-bond donors (Lipinski definition) is 0. The van der Waals surface area contributed by atoms with Crippen molar-refractivity contribution < 1.29 is 13.9 Å². The zero-order chi connectivity index (χ0) is 13.9. The van der Waals surface area contributed by atoms with Crippen molar-refractivity contribution in [2.75, 3.05) is 13.2 Å². The number of ether oxygens (including phenoxy) is 2. The molecule has 0 radical (unpaired) electrons. The minimum Gasteiger partial charge on any atom is -0.493 e. The molecule has 0 N–H and O–H groups in total. The number of hydrogen-bond acceptors (Lipinski definition) is 2. The molecule has 1 heterocycles. The summed E-state index contributed by atoms with van der Waals surface area (Å²) in [6.07, 6.45) is 0. The molecule has 1 aliphatic heterocycles. The van der Waals surface area contributed by atoms with Crippen molar-refractivity contribution in [2.24, 2.45) is 0 Å². The van der Waals surface area contributed by atoms with Gasteiger partial charge < -0.3 is 9.47 Å². The van der Waals surface area contributed by atoms with Gasteiger partial charge in [-0.3, -0.25) is 0 Å². The maximum atomic E-state index is 13.2. The highest BCUT2D eigenvalue weighted by molar-refractivity contribution is 9.08. The van der Waals surface area contributed by atoms with Gasteiger partial charge in [0.25, 0.3) is 0 Å². The van der Waals surface area contributed by atoms with E-state index < -0.39 is 0 Å². The lowest BCUT2D eigenvalue weighted by atomic mass is 10.0. The van der Waals surface area contributed by atoms with Crippen LogP contribution in [-0.2, 0) is 5.33 Å². The molecular formula is C16H14BrFO2. The first-order valence-corrected chi connectivity index (χ1v) is 7.59. The highest BCUT2D eigenvalue weighted by atomic mass is 79.9. The second-order valence-electron chi connectivity index (χ2n) is 4.74. The minimum atomic E-state index is -0.249. The first kappa shape index (κ1) is 13.4. The molecule has 0 amide bonds. The van der Waals surface area contributed by atoms with Crippen molar-refractivity contribution in [2.45, 2.75) is 11.2 Å². The average Bonchev–Trinajstić information content (AvgIpc) is 2.89. The van der Waals surface area contributed by atoms with E-state index in [9.17, 15) is 4.39 Å². The van der Waals surface area contributed by atoms with E-state index in [2.05, 4.69) is 22.0 Å². The van der Waals surface area contributed by atoms with E-state index in [1.165, 1.54) is 17.7 Å². The quantitative estimate of drug-likeness (QED) is 0.776. The van der Waals surface area contributed by atoms with Crippen LogP contribution in [0.2, 0.25) is 0 Å². The van der Waals surface area contributed by atoms with Crippen molar-refractivity contribution in [1.82, 2.24) is 0 Å². The summed E-state index contributed by atoms with van der Waals surface area (Å²) in [6.45, 7) is 1.16.